The number of aromatic amines is 1. The van der Waals surface area contributed by atoms with Gasteiger partial charge >= 0.3 is 0 Å². The molecule has 1 aliphatic carbocycles. The van der Waals surface area contributed by atoms with Crippen molar-refractivity contribution >= 4 is 28.2 Å². The van der Waals surface area contributed by atoms with E-state index in [1.807, 2.05) is 12.1 Å². The number of rotatable bonds is 1. The van der Waals surface area contributed by atoms with Crippen LogP contribution >= 0.6 is 0 Å². The molecule has 0 spiro atoms. The Kier molecular flexibility index (Phi) is 3.50. The fourth-order valence-corrected chi connectivity index (χ4v) is 4.22. The lowest BCUT2D eigenvalue weighted by Crippen LogP contribution is -2.34. The molecule has 5 rings (SSSR count). The molecular formula is C22H18N2O3. The number of H-pyrrole nitrogens is 1. The summed E-state index contributed by atoms with van der Waals surface area (Å²) in [7, 11) is 0. The number of benzene rings is 2. The standard InChI is InChI=1S/C22H18N2O3/c25-20-14-6-2-3-7-15(14)21(26)18-16(20)9-8-13-12-17(22(27)23-19(13)18)24-10-4-1-5-11-24/h2-3,6-9,12H,1,4-5,10-11H2,(H,23,27). The van der Waals surface area contributed by atoms with Gasteiger partial charge in [-0.2, -0.15) is 0 Å². The van der Waals surface area contributed by atoms with E-state index in [1.165, 1.54) is 6.42 Å². The molecule has 0 unspecified atom stereocenters. The Morgan fingerprint density at radius 3 is 2.22 bits per heavy atom. The normalized spacial score (nSPS) is 16.4. The van der Waals surface area contributed by atoms with Crippen LogP contribution in [0.2, 0.25) is 0 Å². The lowest BCUT2D eigenvalue weighted by atomic mass is 9.83. The topological polar surface area (TPSA) is 70.2 Å². The summed E-state index contributed by atoms with van der Waals surface area (Å²) in [6, 6.07) is 12.2. The molecule has 2 aromatic carbocycles. The van der Waals surface area contributed by atoms with E-state index in [4.69, 9.17) is 0 Å². The number of piperidine rings is 1. The molecule has 0 amide bonds. The van der Waals surface area contributed by atoms with Gasteiger partial charge in [0.05, 0.1) is 11.1 Å². The van der Waals surface area contributed by atoms with E-state index in [0.717, 1.165) is 31.3 Å². The highest BCUT2D eigenvalue weighted by Crippen LogP contribution is 2.32. The Hall–Kier alpha value is -3.21. The van der Waals surface area contributed by atoms with E-state index in [9.17, 15) is 14.4 Å². The molecule has 0 bridgehead atoms. The average molecular weight is 358 g/mol. The van der Waals surface area contributed by atoms with Crippen molar-refractivity contribution in [2.75, 3.05) is 18.0 Å². The summed E-state index contributed by atoms with van der Waals surface area (Å²) in [6.07, 6.45) is 3.34. The largest absolute Gasteiger partial charge is 0.367 e. The minimum atomic E-state index is -0.216. The van der Waals surface area contributed by atoms with Gasteiger partial charge in [0.25, 0.3) is 5.56 Å². The summed E-state index contributed by atoms with van der Waals surface area (Å²) in [5.74, 6) is -0.393. The zero-order chi connectivity index (χ0) is 18.5. The minimum Gasteiger partial charge on any atom is -0.367 e. The summed E-state index contributed by atoms with van der Waals surface area (Å²) < 4.78 is 0. The maximum Gasteiger partial charge on any atom is 0.271 e. The average Bonchev–Trinajstić information content (AvgIpc) is 2.71. The molecule has 134 valence electrons. The van der Waals surface area contributed by atoms with E-state index in [1.54, 1.807) is 30.3 Å². The van der Waals surface area contributed by atoms with Crippen LogP contribution in [0.25, 0.3) is 10.9 Å². The van der Waals surface area contributed by atoms with Crippen molar-refractivity contribution < 1.29 is 9.59 Å². The molecule has 5 heteroatoms. The fourth-order valence-electron chi connectivity index (χ4n) is 4.22. The van der Waals surface area contributed by atoms with Gasteiger partial charge in [-0.1, -0.05) is 30.3 Å². The minimum absolute atomic E-state index is 0.178. The van der Waals surface area contributed by atoms with Gasteiger partial charge in [-0.15, -0.1) is 0 Å². The zero-order valence-corrected chi connectivity index (χ0v) is 14.7. The third-order valence-corrected chi connectivity index (χ3v) is 5.59. The maximum atomic E-state index is 13.1. The second kappa shape index (κ2) is 5.91. The van der Waals surface area contributed by atoms with Gasteiger partial charge < -0.3 is 9.88 Å². The first-order chi connectivity index (χ1) is 13.1. The first kappa shape index (κ1) is 16.0. The summed E-state index contributed by atoms with van der Waals surface area (Å²) in [6.45, 7) is 1.73. The third kappa shape index (κ3) is 2.35. The molecule has 2 heterocycles. The van der Waals surface area contributed by atoms with Crippen molar-refractivity contribution in [3.05, 3.63) is 75.1 Å². The number of pyridine rings is 1. The predicted octanol–water partition coefficient (Wildman–Crippen LogP) is 3.29. The second-order valence-electron chi connectivity index (χ2n) is 7.19. The predicted molar refractivity (Wildman–Crippen MR) is 104 cm³/mol. The highest BCUT2D eigenvalue weighted by molar-refractivity contribution is 6.31. The van der Waals surface area contributed by atoms with Gasteiger partial charge in [0.15, 0.2) is 11.6 Å². The summed E-state index contributed by atoms with van der Waals surface area (Å²) >= 11 is 0. The number of ketones is 2. The second-order valence-corrected chi connectivity index (χ2v) is 7.19. The third-order valence-electron chi connectivity index (χ3n) is 5.59. The number of hydrogen-bond acceptors (Lipinski definition) is 4. The number of nitrogens with one attached hydrogen (secondary N) is 1. The lowest BCUT2D eigenvalue weighted by Gasteiger charge is -2.28. The van der Waals surface area contributed by atoms with Crippen molar-refractivity contribution in [2.45, 2.75) is 19.3 Å². The van der Waals surface area contributed by atoms with E-state index in [0.29, 0.717) is 33.5 Å². The number of carbonyl (C=O) groups is 2. The summed E-state index contributed by atoms with van der Waals surface area (Å²) in [5, 5.41) is 0.773. The maximum absolute atomic E-state index is 13.1. The van der Waals surface area contributed by atoms with E-state index >= 15 is 0 Å². The highest BCUT2D eigenvalue weighted by atomic mass is 16.1. The van der Waals surface area contributed by atoms with Crippen LogP contribution in [0.1, 0.15) is 51.1 Å². The van der Waals surface area contributed by atoms with Crippen molar-refractivity contribution in [1.82, 2.24) is 4.98 Å². The fraction of sp³-hybridized carbons (Fsp3) is 0.227. The number of hydrogen-bond donors (Lipinski definition) is 1. The van der Waals surface area contributed by atoms with Crippen molar-refractivity contribution in [3.63, 3.8) is 0 Å². The quantitative estimate of drug-likeness (QED) is 0.567. The molecule has 0 atom stereocenters. The lowest BCUT2D eigenvalue weighted by molar-refractivity contribution is 0.0980. The van der Waals surface area contributed by atoms with Crippen molar-refractivity contribution in [3.8, 4) is 0 Å². The van der Waals surface area contributed by atoms with E-state index in [2.05, 4.69) is 9.88 Å². The van der Waals surface area contributed by atoms with Crippen LogP contribution in [0.5, 0.6) is 0 Å². The van der Waals surface area contributed by atoms with Crippen LogP contribution in [0.3, 0.4) is 0 Å². The SMILES string of the molecule is O=C1c2ccccc2C(=O)c2c1ccc1cc(N3CCCCC3)c(=O)[nH]c21. The first-order valence-corrected chi connectivity index (χ1v) is 9.28. The molecule has 0 saturated carbocycles. The molecule has 1 aromatic heterocycles. The number of fused-ring (bicyclic) bond motifs is 4. The Balaban J connectivity index is 1.73. The molecule has 1 fully saturated rings. The van der Waals surface area contributed by atoms with Gasteiger partial charge in [-0.05, 0) is 31.4 Å². The summed E-state index contributed by atoms with van der Waals surface area (Å²) in [5.41, 5.74) is 2.34. The Morgan fingerprint density at radius 1 is 0.778 bits per heavy atom. The van der Waals surface area contributed by atoms with Gasteiger partial charge in [0.1, 0.15) is 5.69 Å². The van der Waals surface area contributed by atoms with Gasteiger partial charge in [-0.3, -0.25) is 14.4 Å². The van der Waals surface area contributed by atoms with Crippen LogP contribution in [0.15, 0.2) is 47.3 Å². The Bertz CT molecular complexity index is 1170. The van der Waals surface area contributed by atoms with Crippen LogP contribution in [-0.2, 0) is 0 Å². The Morgan fingerprint density at radius 2 is 1.48 bits per heavy atom. The molecule has 2 aliphatic rings. The van der Waals surface area contributed by atoms with Crippen molar-refractivity contribution in [2.24, 2.45) is 0 Å². The van der Waals surface area contributed by atoms with Crippen LogP contribution in [0.4, 0.5) is 5.69 Å². The Labute approximate surface area is 155 Å². The molecule has 0 radical (unpaired) electrons. The van der Waals surface area contributed by atoms with Crippen LogP contribution in [0, 0.1) is 0 Å². The number of nitrogens with zero attached hydrogens (tertiary/aromatic N) is 1. The van der Waals surface area contributed by atoms with Crippen LogP contribution in [-0.4, -0.2) is 29.6 Å². The molecule has 5 nitrogen and oxygen atoms in total. The van der Waals surface area contributed by atoms with Crippen LogP contribution < -0.4 is 10.5 Å². The molecular weight excluding hydrogens is 340 g/mol. The molecule has 1 saturated heterocycles. The number of aromatic nitrogens is 1. The van der Waals surface area contributed by atoms with Gasteiger partial charge in [0, 0.05) is 35.2 Å². The van der Waals surface area contributed by atoms with Crippen molar-refractivity contribution in [1.29, 1.82) is 0 Å². The van der Waals surface area contributed by atoms with E-state index in [-0.39, 0.29) is 17.1 Å². The first-order valence-electron chi connectivity index (χ1n) is 9.28. The smallest absolute Gasteiger partial charge is 0.271 e. The molecule has 1 N–H and O–H groups in total. The highest BCUT2D eigenvalue weighted by Gasteiger charge is 2.31. The number of carbonyl (C=O) groups excluding carboxylic acids is 2. The summed E-state index contributed by atoms with van der Waals surface area (Å²) in [4.78, 5) is 43.7. The van der Waals surface area contributed by atoms with E-state index < -0.39 is 0 Å². The molecule has 27 heavy (non-hydrogen) atoms. The van der Waals surface area contributed by atoms with Gasteiger partial charge in [-0.25, -0.2) is 0 Å². The monoisotopic (exact) mass is 358 g/mol. The zero-order valence-electron chi connectivity index (χ0n) is 14.7. The molecule has 1 aliphatic heterocycles. The molecule has 3 aromatic rings. The number of anilines is 1. The van der Waals surface area contributed by atoms with Gasteiger partial charge in [0.2, 0.25) is 0 Å².